The van der Waals surface area contributed by atoms with Crippen molar-refractivity contribution in [1.82, 2.24) is 5.32 Å². The minimum atomic E-state index is -0.247. The van der Waals surface area contributed by atoms with Gasteiger partial charge in [0.1, 0.15) is 18.1 Å². The van der Waals surface area contributed by atoms with Crippen molar-refractivity contribution in [2.45, 2.75) is 13.2 Å². The second kappa shape index (κ2) is 6.90. The Labute approximate surface area is 147 Å². The molecular weight excluding hydrogens is 342 g/mol. The first-order valence-corrected chi connectivity index (χ1v) is 8.57. The van der Waals surface area contributed by atoms with Crippen molar-refractivity contribution in [2.75, 3.05) is 6.79 Å². The highest BCUT2D eigenvalue weighted by Gasteiger charge is 2.15. The van der Waals surface area contributed by atoms with E-state index in [2.05, 4.69) is 5.32 Å². The van der Waals surface area contributed by atoms with Crippen molar-refractivity contribution in [3.63, 3.8) is 0 Å². The Morgan fingerprint density at radius 3 is 2.96 bits per heavy atom. The summed E-state index contributed by atoms with van der Waals surface area (Å²) in [6, 6.07) is 12.6. The smallest absolute Gasteiger partial charge is 0.287 e. The Morgan fingerprint density at radius 2 is 2.08 bits per heavy atom. The Morgan fingerprint density at radius 1 is 1.16 bits per heavy atom. The van der Waals surface area contributed by atoms with E-state index in [1.165, 1.54) is 0 Å². The van der Waals surface area contributed by atoms with E-state index < -0.39 is 0 Å². The maximum atomic E-state index is 12.1. The molecular formula is C18H15NO5S. The SMILES string of the molecule is O=C(NCc1cccs1)c1ccc(COc2ccc3c(c2)OCO3)o1. The molecule has 0 radical (unpaired) electrons. The van der Waals surface area contributed by atoms with E-state index in [1.54, 1.807) is 41.7 Å². The molecule has 4 rings (SSSR count). The monoisotopic (exact) mass is 357 g/mol. The normalized spacial score (nSPS) is 12.2. The molecule has 0 saturated carbocycles. The maximum absolute atomic E-state index is 12.1. The van der Waals surface area contributed by atoms with Crippen molar-refractivity contribution in [3.8, 4) is 17.2 Å². The Kier molecular flexibility index (Phi) is 4.30. The van der Waals surface area contributed by atoms with Crippen molar-refractivity contribution in [1.29, 1.82) is 0 Å². The molecule has 0 unspecified atom stereocenters. The second-order valence-electron chi connectivity index (χ2n) is 5.33. The lowest BCUT2D eigenvalue weighted by Gasteiger charge is -2.05. The number of benzene rings is 1. The lowest BCUT2D eigenvalue weighted by atomic mass is 10.3. The molecule has 0 fully saturated rings. The summed E-state index contributed by atoms with van der Waals surface area (Å²) in [5, 5.41) is 4.80. The summed E-state index contributed by atoms with van der Waals surface area (Å²) < 4.78 is 21.8. The number of carbonyl (C=O) groups excluding carboxylic acids is 1. The molecule has 7 heteroatoms. The van der Waals surface area contributed by atoms with E-state index in [9.17, 15) is 4.79 Å². The summed E-state index contributed by atoms with van der Waals surface area (Å²) in [5.41, 5.74) is 0. The van der Waals surface area contributed by atoms with Crippen LogP contribution in [0.2, 0.25) is 0 Å². The highest BCUT2D eigenvalue weighted by atomic mass is 32.1. The summed E-state index contributed by atoms with van der Waals surface area (Å²) in [6.45, 7) is 0.930. The molecule has 1 aliphatic heterocycles. The molecule has 1 amide bonds. The zero-order valence-corrected chi connectivity index (χ0v) is 14.0. The molecule has 0 bridgehead atoms. The Balaban J connectivity index is 1.32. The molecule has 0 spiro atoms. The van der Waals surface area contributed by atoms with Gasteiger partial charge in [-0.25, -0.2) is 0 Å². The number of fused-ring (bicyclic) bond motifs is 1. The number of furan rings is 1. The molecule has 1 aliphatic rings. The van der Waals surface area contributed by atoms with E-state index in [0.29, 0.717) is 29.6 Å². The fourth-order valence-corrected chi connectivity index (χ4v) is 3.01. The molecule has 128 valence electrons. The number of thiophene rings is 1. The Hall–Kier alpha value is -2.93. The van der Waals surface area contributed by atoms with E-state index in [-0.39, 0.29) is 25.1 Å². The van der Waals surface area contributed by atoms with Gasteiger partial charge in [-0.1, -0.05) is 6.07 Å². The van der Waals surface area contributed by atoms with Crippen LogP contribution in [0.4, 0.5) is 0 Å². The minimum absolute atomic E-state index is 0.220. The van der Waals surface area contributed by atoms with Gasteiger partial charge < -0.3 is 23.9 Å². The van der Waals surface area contributed by atoms with Gasteiger partial charge in [-0.3, -0.25) is 4.79 Å². The van der Waals surface area contributed by atoms with Gasteiger partial charge in [0.15, 0.2) is 17.3 Å². The zero-order chi connectivity index (χ0) is 17.1. The van der Waals surface area contributed by atoms with E-state index >= 15 is 0 Å². The summed E-state index contributed by atoms with van der Waals surface area (Å²) in [6.07, 6.45) is 0. The number of ether oxygens (including phenoxy) is 3. The quantitative estimate of drug-likeness (QED) is 0.730. The highest BCUT2D eigenvalue weighted by molar-refractivity contribution is 7.09. The third-order valence-electron chi connectivity index (χ3n) is 3.61. The van der Waals surface area contributed by atoms with Crippen LogP contribution in [-0.4, -0.2) is 12.7 Å². The van der Waals surface area contributed by atoms with Crippen LogP contribution in [0.15, 0.2) is 52.3 Å². The van der Waals surface area contributed by atoms with Crippen LogP contribution >= 0.6 is 11.3 Å². The Bertz CT molecular complexity index is 871. The summed E-state index contributed by atoms with van der Waals surface area (Å²) in [5.74, 6) is 2.59. The summed E-state index contributed by atoms with van der Waals surface area (Å²) in [4.78, 5) is 13.2. The first kappa shape index (κ1) is 15.6. The van der Waals surface area contributed by atoms with Crippen LogP contribution < -0.4 is 19.5 Å². The fraction of sp³-hybridized carbons (Fsp3) is 0.167. The van der Waals surface area contributed by atoms with Crippen LogP contribution in [0.1, 0.15) is 21.2 Å². The topological polar surface area (TPSA) is 69.9 Å². The lowest BCUT2D eigenvalue weighted by molar-refractivity contribution is 0.0919. The van der Waals surface area contributed by atoms with E-state index in [1.807, 2.05) is 17.5 Å². The number of amides is 1. The summed E-state index contributed by atoms with van der Waals surface area (Å²) >= 11 is 1.59. The highest BCUT2D eigenvalue weighted by Crippen LogP contribution is 2.35. The van der Waals surface area contributed by atoms with Gasteiger partial charge in [0.2, 0.25) is 6.79 Å². The molecule has 1 aromatic carbocycles. The molecule has 3 heterocycles. The molecule has 2 aromatic heterocycles. The average Bonchev–Trinajstić information content (AvgIpc) is 3.39. The molecule has 6 nitrogen and oxygen atoms in total. The number of hydrogen-bond acceptors (Lipinski definition) is 6. The lowest BCUT2D eigenvalue weighted by Crippen LogP contribution is -2.21. The minimum Gasteiger partial charge on any atom is -0.486 e. The predicted molar refractivity (Wildman–Crippen MR) is 91.1 cm³/mol. The van der Waals surface area contributed by atoms with Gasteiger partial charge in [0.25, 0.3) is 5.91 Å². The fourth-order valence-electron chi connectivity index (χ4n) is 2.37. The van der Waals surface area contributed by atoms with Crippen LogP contribution in [0.5, 0.6) is 17.2 Å². The second-order valence-corrected chi connectivity index (χ2v) is 6.36. The van der Waals surface area contributed by atoms with Crippen LogP contribution in [0.3, 0.4) is 0 Å². The first-order valence-electron chi connectivity index (χ1n) is 7.70. The molecule has 0 atom stereocenters. The van der Waals surface area contributed by atoms with E-state index in [4.69, 9.17) is 18.6 Å². The molecule has 1 N–H and O–H groups in total. The number of nitrogens with one attached hydrogen (secondary N) is 1. The van der Waals surface area contributed by atoms with Gasteiger partial charge in [-0.05, 0) is 35.7 Å². The number of hydrogen-bond donors (Lipinski definition) is 1. The largest absolute Gasteiger partial charge is 0.486 e. The third kappa shape index (κ3) is 3.61. The van der Waals surface area contributed by atoms with Crippen molar-refractivity contribution in [3.05, 3.63) is 64.2 Å². The predicted octanol–water partition coefficient (Wildman–Crippen LogP) is 3.58. The van der Waals surface area contributed by atoms with Crippen molar-refractivity contribution < 1.29 is 23.4 Å². The molecule has 0 aliphatic carbocycles. The zero-order valence-electron chi connectivity index (χ0n) is 13.2. The van der Waals surface area contributed by atoms with Gasteiger partial charge in [0.05, 0.1) is 6.54 Å². The average molecular weight is 357 g/mol. The first-order chi connectivity index (χ1) is 12.3. The van der Waals surface area contributed by atoms with Crippen LogP contribution in [0, 0.1) is 0 Å². The molecule has 3 aromatic rings. The maximum Gasteiger partial charge on any atom is 0.287 e. The van der Waals surface area contributed by atoms with Gasteiger partial charge in [0, 0.05) is 10.9 Å². The summed E-state index contributed by atoms with van der Waals surface area (Å²) in [7, 11) is 0. The van der Waals surface area contributed by atoms with Gasteiger partial charge in [-0.2, -0.15) is 0 Å². The molecule has 25 heavy (non-hydrogen) atoms. The molecule has 0 saturated heterocycles. The van der Waals surface area contributed by atoms with Crippen molar-refractivity contribution in [2.24, 2.45) is 0 Å². The number of carbonyl (C=O) groups is 1. The van der Waals surface area contributed by atoms with Gasteiger partial charge in [-0.15, -0.1) is 11.3 Å². The van der Waals surface area contributed by atoms with Crippen LogP contribution in [0.25, 0.3) is 0 Å². The van der Waals surface area contributed by atoms with Crippen molar-refractivity contribution >= 4 is 17.2 Å². The third-order valence-corrected chi connectivity index (χ3v) is 4.49. The van der Waals surface area contributed by atoms with Gasteiger partial charge >= 0.3 is 0 Å². The standard InChI is InChI=1S/C18H15NO5S/c20-18(19-9-14-2-1-7-25-14)16-6-4-13(24-16)10-21-12-3-5-15-17(8-12)23-11-22-15/h1-8H,9-11H2,(H,19,20). The van der Waals surface area contributed by atoms with Crippen LogP contribution in [-0.2, 0) is 13.2 Å². The number of rotatable bonds is 6. The van der Waals surface area contributed by atoms with E-state index in [0.717, 1.165) is 4.88 Å².